The van der Waals surface area contributed by atoms with Gasteiger partial charge in [-0.2, -0.15) is 0 Å². The third-order valence-electron chi connectivity index (χ3n) is 5.26. The van der Waals surface area contributed by atoms with Crippen molar-refractivity contribution in [2.45, 2.75) is 64.1 Å². The Morgan fingerprint density at radius 2 is 1.84 bits per heavy atom. The summed E-state index contributed by atoms with van der Waals surface area (Å²) >= 11 is 1.65. The van der Waals surface area contributed by atoms with Gasteiger partial charge in [0, 0.05) is 29.7 Å². The van der Waals surface area contributed by atoms with Crippen molar-refractivity contribution in [3.05, 3.63) is 59.7 Å². The summed E-state index contributed by atoms with van der Waals surface area (Å²) in [5.41, 5.74) is 2.15. The Morgan fingerprint density at radius 1 is 1.13 bits per heavy atom. The van der Waals surface area contributed by atoms with Crippen molar-refractivity contribution < 1.29 is 14.3 Å². The van der Waals surface area contributed by atoms with Crippen LogP contribution >= 0.6 is 11.8 Å². The zero-order chi connectivity index (χ0) is 22.8. The van der Waals surface area contributed by atoms with Gasteiger partial charge in [0.1, 0.15) is 11.8 Å². The molecular formula is C25H34N2O3S. The number of carbonyl (C=O) groups is 2. The Labute approximate surface area is 190 Å². The van der Waals surface area contributed by atoms with Gasteiger partial charge >= 0.3 is 0 Å². The number of hydrogen-bond acceptors (Lipinski definition) is 4. The molecule has 0 aromatic heterocycles. The van der Waals surface area contributed by atoms with Crippen LogP contribution in [0.2, 0.25) is 0 Å². The fourth-order valence-electron chi connectivity index (χ4n) is 3.05. The van der Waals surface area contributed by atoms with Crippen LogP contribution in [0, 0.1) is 6.92 Å². The number of hydrogen-bond donors (Lipinski definition) is 1. The van der Waals surface area contributed by atoms with E-state index in [4.69, 9.17) is 4.74 Å². The number of aryl methyl sites for hydroxylation is 1. The molecule has 1 N–H and O–H groups in total. The highest BCUT2D eigenvalue weighted by atomic mass is 32.2. The van der Waals surface area contributed by atoms with E-state index in [0.29, 0.717) is 18.7 Å². The van der Waals surface area contributed by atoms with Crippen LogP contribution in [0.3, 0.4) is 0 Å². The summed E-state index contributed by atoms with van der Waals surface area (Å²) in [7, 11) is 1.62. The predicted molar refractivity (Wildman–Crippen MR) is 127 cm³/mol. The number of amides is 2. The molecule has 0 radical (unpaired) electrons. The molecule has 0 bridgehead atoms. The van der Waals surface area contributed by atoms with Crippen molar-refractivity contribution in [3.8, 4) is 5.75 Å². The monoisotopic (exact) mass is 442 g/mol. The minimum absolute atomic E-state index is 0.0331. The molecule has 168 valence electrons. The number of rotatable bonds is 11. The Balaban J connectivity index is 2.09. The lowest BCUT2D eigenvalue weighted by Crippen LogP contribution is -2.49. The van der Waals surface area contributed by atoms with E-state index in [9.17, 15) is 9.59 Å². The van der Waals surface area contributed by atoms with E-state index in [1.807, 2.05) is 38.1 Å². The normalized spacial score (nSPS) is 12.7. The zero-order valence-corrected chi connectivity index (χ0v) is 20.0. The maximum absolute atomic E-state index is 13.1. The summed E-state index contributed by atoms with van der Waals surface area (Å²) in [6.45, 7) is 8.21. The highest BCUT2D eigenvalue weighted by molar-refractivity contribution is 7.99. The van der Waals surface area contributed by atoms with Crippen molar-refractivity contribution >= 4 is 23.6 Å². The van der Waals surface area contributed by atoms with Gasteiger partial charge in [0.25, 0.3) is 0 Å². The average Bonchev–Trinajstić information content (AvgIpc) is 2.78. The van der Waals surface area contributed by atoms with Gasteiger partial charge in [-0.1, -0.05) is 36.8 Å². The van der Waals surface area contributed by atoms with Crippen LogP contribution in [0.5, 0.6) is 5.75 Å². The van der Waals surface area contributed by atoms with Crippen molar-refractivity contribution in [2.75, 3.05) is 12.9 Å². The molecule has 2 aromatic carbocycles. The number of thioether (sulfide) groups is 1. The topological polar surface area (TPSA) is 58.6 Å². The fraction of sp³-hybridized carbons (Fsp3) is 0.440. The Hall–Kier alpha value is -2.47. The van der Waals surface area contributed by atoms with Gasteiger partial charge in [-0.3, -0.25) is 9.59 Å². The van der Waals surface area contributed by atoms with E-state index in [1.165, 1.54) is 5.56 Å². The fourth-order valence-corrected chi connectivity index (χ4v) is 3.89. The molecule has 0 saturated carbocycles. The molecular weight excluding hydrogens is 408 g/mol. The van der Waals surface area contributed by atoms with Crippen LogP contribution in [0.15, 0.2) is 53.4 Å². The zero-order valence-electron chi connectivity index (χ0n) is 19.2. The number of benzene rings is 2. The van der Waals surface area contributed by atoms with E-state index < -0.39 is 6.04 Å². The number of nitrogens with zero attached hydrogens (tertiary/aromatic N) is 1. The van der Waals surface area contributed by atoms with Gasteiger partial charge in [0.15, 0.2) is 0 Å². The van der Waals surface area contributed by atoms with E-state index >= 15 is 0 Å². The summed E-state index contributed by atoms with van der Waals surface area (Å²) in [5, 5.41) is 3.00. The number of carbonyl (C=O) groups excluding carboxylic acids is 2. The van der Waals surface area contributed by atoms with Crippen LogP contribution in [0.25, 0.3) is 0 Å². The lowest BCUT2D eigenvalue weighted by molar-refractivity contribution is -0.140. The first-order chi connectivity index (χ1) is 14.8. The SMILES string of the molecule is CC[C@@H](C)NC(=O)[C@@H](C)N(Cc1cccc(OC)c1)C(=O)CCSc1ccc(C)cc1. The second kappa shape index (κ2) is 12.4. The minimum Gasteiger partial charge on any atom is -0.497 e. The third kappa shape index (κ3) is 7.94. The molecule has 0 spiro atoms. The Morgan fingerprint density at radius 3 is 2.48 bits per heavy atom. The summed E-state index contributed by atoms with van der Waals surface area (Å²) < 4.78 is 5.31. The molecule has 0 aliphatic rings. The molecule has 5 nitrogen and oxygen atoms in total. The lowest BCUT2D eigenvalue weighted by Gasteiger charge is -2.30. The number of ether oxygens (including phenoxy) is 1. The molecule has 2 amide bonds. The quantitative estimate of drug-likeness (QED) is 0.507. The number of nitrogens with one attached hydrogen (secondary N) is 1. The van der Waals surface area contributed by atoms with Gasteiger partial charge in [-0.05, 0) is 57.0 Å². The molecule has 2 rings (SSSR count). The molecule has 0 aliphatic heterocycles. The number of methoxy groups -OCH3 is 1. The van der Waals surface area contributed by atoms with Gasteiger partial charge in [0.2, 0.25) is 11.8 Å². The van der Waals surface area contributed by atoms with Gasteiger partial charge in [-0.25, -0.2) is 0 Å². The molecule has 0 aliphatic carbocycles. The summed E-state index contributed by atoms with van der Waals surface area (Å²) in [5.74, 6) is 1.23. The van der Waals surface area contributed by atoms with Gasteiger partial charge in [0.05, 0.1) is 7.11 Å². The van der Waals surface area contributed by atoms with Crippen LogP contribution in [0.1, 0.15) is 44.7 Å². The van der Waals surface area contributed by atoms with Crippen molar-refractivity contribution in [1.82, 2.24) is 10.2 Å². The highest BCUT2D eigenvalue weighted by Crippen LogP contribution is 2.21. The summed E-state index contributed by atoms with van der Waals surface area (Å²) in [6.07, 6.45) is 1.21. The second-order valence-corrected chi connectivity index (χ2v) is 8.95. The molecule has 0 fully saturated rings. The van der Waals surface area contributed by atoms with E-state index in [1.54, 1.807) is 30.7 Å². The third-order valence-corrected chi connectivity index (χ3v) is 6.27. The van der Waals surface area contributed by atoms with E-state index in [-0.39, 0.29) is 17.9 Å². The lowest BCUT2D eigenvalue weighted by atomic mass is 10.1. The van der Waals surface area contributed by atoms with Crippen LogP contribution < -0.4 is 10.1 Å². The Kier molecular flexibility index (Phi) is 9.92. The Bertz CT molecular complexity index is 854. The van der Waals surface area contributed by atoms with Gasteiger partial charge in [-0.15, -0.1) is 11.8 Å². The first-order valence-electron chi connectivity index (χ1n) is 10.8. The van der Waals surface area contributed by atoms with Crippen LogP contribution in [-0.4, -0.2) is 41.7 Å². The maximum atomic E-state index is 13.1. The minimum atomic E-state index is -0.558. The smallest absolute Gasteiger partial charge is 0.242 e. The summed E-state index contributed by atoms with van der Waals surface area (Å²) in [6, 6.07) is 15.4. The highest BCUT2D eigenvalue weighted by Gasteiger charge is 2.26. The molecule has 2 atom stereocenters. The van der Waals surface area contributed by atoms with Gasteiger partial charge < -0.3 is 15.0 Å². The predicted octanol–water partition coefficient (Wildman–Crippen LogP) is 4.82. The molecule has 0 heterocycles. The molecule has 6 heteroatoms. The van der Waals surface area contributed by atoms with Crippen LogP contribution in [-0.2, 0) is 16.1 Å². The second-order valence-electron chi connectivity index (χ2n) is 7.78. The standard InChI is InChI=1S/C25H34N2O3S/c1-6-19(3)26-25(29)20(4)27(17-21-8-7-9-22(16-21)30-5)24(28)14-15-31-23-12-10-18(2)11-13-23/h7-13,16,19-20H,6,14-15,17H2,1-5H3,(H,26,29)/t19-,20-/m1/s1. The first kappa shape index (κ1) is 24.8. The molecule has 2 aromatic rings. The van der Waals surface area contributed by atoms with Crippen molar-refractivity contribution in [2.24, 2.45) is 0 Å². The summed E-state index contributed by atoms with van der Waals surface area (Å²) in [4.78, 5) is 28.7. The molecule has 0 unspecified atom stereocenters. The van der Waals surface area contributed by atoms with E-state index in [0.717, 1.165) is 22.6 Å². The first-order valence-corrected chi connectivity index (χ1v) is 11.7. The van der Waals surface area contributed by atoms with Crippen molar-refractivity contribution in [1.29, 1.82) is 0 Å². The molecule has 31 heavy (non-hydrogen) atoms. The molecule has 0 saturated heterocycles. The largest absolute Gasteiger partial charge is 0.497 e. The van der Waals surface area contributed by atoms with E-state index in [2.05, 4.69) is 36.5 Å². The van der Waals surface area contributed by atoms with Crippen LogP contribution in [0.4, 0.5) is 0 Å². The average molecular weight is 443 g/mol. The maximum Gasteiger partial charge on any atom is 0.242 e. The van der Waals surface area contributed by atoms with Crippen molar-refractivity contribution in [3.63, 3.8) is 0 Å².